The molecule has 0 spiro atoms. The largest absolute Gasteiger partial charge is 0.307 e. The number of aromatic nitrogens is 3. The molecule has 1 N–H and O–H groups in total. The summed E-state index contributed by atoms with van der Waals surface area (Å²) in [4.78, 5) is 4.11. The van der Waals surface area contributed by atoms with E-state index in [2.05, 4.69) is 29.2 Å². The van der Waals surface area contributed by atoms with E-state index in [1.54, 1.807) is 11.0 Å². The summed E-state index contributed by atoms with van der Waals surface area (Å²) in [6, 6.07) is 0.536. The molecule has 0 aliphatic rings. The van der Waals surface area contributed by atoms with Gasteiger partial charge in [0.15, 0.2) is 5.82 Å². The van der Waals surface area contributed by atoms with Gasteiger partial charge in [0.25, 0.3) is 0 Å². The van der Waals surface area contributed by atoms with Gasteiger partial charge in [-0.05, 0) is 13.3 Å². The smallest absolute Gasteiger partial charge is 0.164 e. The van der Waals surface area contributed by atoms with Crippen LogP contribution in [-0.2, 0) is 13.6 Å². The monoisotopic (exact) mass is 168 g/mol. The van der Waals surface area contributed by atoms with Crippen molar-refractivity contribution in [1.29, 1.82) is 0 Å². The van der Waals surface area contributed by atoms with Gasteiger partial charge in [-0.3, -0.25) is 4.68 Å². The molecule has 0 bridgehead atoms. The molecule has 1 aromatic rings. The average molecular weight is 168 g/mol. The number of rotatable bonds is 4. The fourth-order valence-electron chi connectivity index (χ4n) is 0.875. The first-order valence-electron chi connectivity index (χ1n) is 4.30. The van der Waals surface area contributed by atoms with Crippen LogP contribution < -0.4 is 5.32 Å². The van der Waals surface area contributed by atoms with E-state index in [-0.39, 0.29) is 0 Å². The van der Waals surface area contributed by atoms with E-state index in [1.807, 2.05) is 7.05 Å². The van der Waals surface area contributed by atoms with Gasteiger partial charge in [0.1, 0.15) is 6.33 Å². The zero-order valence-electron chi connectivity index (χ0n) is 7.91. The van der Waals surface area contributed by atoms with Crippen LogP contribution in [0.2, 0.25) is 0 Å². The van der Waals surface area contributed by atoms with Crippen molar-refractivity contribution in [1.82, 2.24) is 20.1 Å². The van der Waals surface area contributed by atoms with Crippen molar-refractivity contribution in [3.63, 3.8) is 0 Å². The minimum absolute atomic E-state index is 0.536. The fourth-order valence-corrected chi connectivity index (χ4v) is 0.875. The molecule has 0 radical (unpaired) electrons. The van der Waals surface area contributed by atoms with Gasteiger partial charge >= 0.3 is 0 Å². The van der Waals surface area contributed by atoms with E-state index >= 15 is 0 Å². The number of nitrogens with one attached hydrogen (secondary N) is 1. The Morgan fingerprint density at radius 1 is 1.67 bits per heavy atom. The van der Waals surface area contributed by atoms with Gasteiger partial charge in [0.05, 0.1) is 6.54 Å². The van der Waals surface area contributed by atoms with E-state index in [4.69, 9.17) is 0 Å². The van der Waals surface area contributed by atoms with Gasteiger partial charge in [0, 0.05) is 13.1 Å². The number of hydrogen-bond acceptors (Lipinski definition) is 3. The molecule has 68 valence electrons. The molecule has 1 unspecified atom stereocenters. The topological polar surface area (TPSA) is 42.7 Å². The lowest BCUT2D eigenvalue weighted by molar-refractivity contribution is 0.521. The van der Waals surface area contributed by atoms with Crippen LogP contribution in [0.3, 0.4) is 0 Å². The summed E-state index contributed by atoms with van der Waals surface area (Å²) in [5, 5.41) is 7.48. The minimum Gasteiger partial charge on any atom is -0.307 e. The van der Waals surface area contributed by atoms with Crippen LogP contribution in [0.1, 0.15) is 26.1 Å². The molecular formula is C8H16N4. The Bertz CT molecular complexity index is 231. The minimum atomic E-state index is 0.536. The maximum absolute atomic E-state index is 4.16. The van der Waals surface area contributed by atoms with E-state index < -0.39 is 0 Å². The molecule has 1 atom stereocenters. The molecule has 1 rings (SSSR count). The van der Waals surface area contributed by atoms with Crippen LogP contribution in [-0.4, -0.2) is 20.8 Å². The summed E-state index contributed by atoms with van der Waals surface area (Å²) >= 11 is 0. The summed E-state index contributed by atoms with van der Waals surface area (Å²) < 4.78 is 1.72. The highest BCUT2D eigenvalue weighted by Gasteiger charge is 2.00. The van der Waals surface area contributed by atoms with Gasteiger partial charge in [0.2, 0.25) is 0 Å². The van der Waals surface area contributed by atoms with E-state index in [1.165, 1.54) is 0 Å². The highest BCUT2D eigenvalue weighted by molar-refractivity contribution is 4.80. The molecule has 4 heteroatoms. The summed E-state index contributed by atoms with van der Waals surface area (Å²) in [5.41, 5.74) is 0. The van der Waals surface area contributed by atoms with Crippen LogP contribution in [0.5, 0.6) is 0 Å². The van der Waals surface area contributed by atoms with Crippen LogP contribution in [0.25, 0.3) is 0 Å². The van der Waals surface area contributed by atoms with Crippen LogP contribution in [0.15, 0.2) is 6.33 Å². The SMILES string of the molecule is CCC(C)NCc1ncn(C)n1. The highest BCUT2D eigenvalue weighted by atomic mass is 15.3. The van der Waals surface area contributed by atoms with Crippen molar-refractivity contribution in [2.75, 3.05) is 0 Å². The van der Waals surface area contributed by atoms with Crippen molar-refractivity contribution in [3.05, 3.63) is 12.2 Å². The number of nitrogens with zero attached hydrogens (tertiary/aromatic N) is 3. The Hall–Kier alpha value is -0.900. The van der Waals surface area contributed by atoms with E-state index in [0.29, 0.717) is 6.04 Å². The lowest BCUT2D eigenvalue weighted by atomic mass is 10.2. The maximum Gasteiger partial charge on any atom is 0.164 e. The lowest BCUT2D eigenvalue weighted by Crippen LogP contribution is -2.25. The predicted molar refractivity (Wildman–Crippen MR) is 47.6 cm³/mol. The first kappa shape index (κ1) is 9.19. The predicted octanol–water partition coefficient (Wildman–Crippen LogP) is 0.703. The first-order valence-corrected chi connectivity index (χ1v) is 4.30. The zero-order chi connectivity index (χ0) is 8.97. The number of aryl methyl sites for hydroxylation is 1. The van der Waals surface area contributed by atoms with E-state index in [9.17, 15) is 0 Å². The standard InChI is InChI=1S/C8H16N4/c1-4-7(2)9-5-8-10-6-12(3)11-8/h6-7,9H,4-5H2,1-3H3. The van der Waals surface area contributed by atoms with Crippen molar-refractivity contribution >= 4 is 0 Å². The average Bonchev–Trinajstić information content (AvgIpc) is 2.47. The molecule has 1 aromatic heterocycles. The molecule has 0 saturated heterocycles. The number of hydrogen-bond donors (Lipinski definition) is 1. The Labute approximate surface area is 73.0 Å². The molecule has 4 nitrogen and oxygen atoms in total. The van der Waals surface area contributed by atoms with Gasteiger partial charge in [-0.25, -0.2) is 4.98 Å². The van der Waals surface area contributed by atoms with E-state index in [0.717, 1.165) is 18.8 Å². The van der Waals surface area contributed by atoms with Crippen molar-refractivity contribution in [2.24, 2.45) is 7.05 Å². The second-order valence-corrected chi connectivity index (χ2v) is 3.02. The first-order chi connectivity index (χ1) is 5.72. The summed E-state index contributed by atoms with van der Waals surface area (Å²) in [7, 11) is 1.87. The molecule has 0 aliphatic carbocycles. The van der Waals surface area contributed by atoms with Crippen LogP contribution in [0.4, 0.5) is 0 Å². The molecule has 12 heavy (non-hydrogen) atoms. The molecule has 0 aliphatic heterocycles. The molecule has 0 aromatic carbocycles. The molecule has 0 amide bonds. The van der Waals surface area contributed by atoms with Crippen molar-refractivity contribution in [2.45, 2.75) is 32.9 Å². The van der Waals surface area contributed by atoms with Crippen LogP contribution >= 0.6 is 0 Å². The third-order valence-corrected chi connectivity index (χ3v) is 1.87. The molecular weight excluding hydrogens is 152 g/mol. The van der Waals surface area contributed by atoms with Gasteiger partial charge in [-0.1, -0.05) is 6.92 Å². The normalized spacial score (nSPS) is 13.2. The molecule has 0 fully saturated rings. The second-order valence-electron chi connectivity index (χ2n) is 3.02. The Balaban J connectivity index is 2.33. The Morgan fingerprint density at radius 2 is 2.42 bits per heavy atom. The highest BCUT2D eigenvalue weighted by Crippen LogP contribution is 1.91. The molecule has 1 heterocycles. The maximum atomic E-state index is 4.16. The Kier molecular flexibility index (Phi) is 3.22. The summed E-state index contributed by atoms with van der Waals surface area (Å²) in [6.07, 6.45) is 2.85. The van der Waals surface area contributed by atoms with Gasteiger partial charge in [-0.15, -0.1) is 0 Å². The lowest BCUT2D eigenvalue weighted by Gasteiger charge is -2.08. The second kappa shape index (κ2) is 4.21. The van der Waals surface area contributed by atoms with Crippen molar-refractivity contribution < 1.29 is 0 Å². The van der Waals surface area contributed by atoms with Crippen molar-refractivity contribution in [3.8, 4) is 0 Å². The summed E-state index contributed by atoms with van der Waals surface area (Å²) in [6.45, 7) is 5.07. The van der Waals surface area contributed by atoms with Gasteiger partial charge in [-0.2, -0.15) is 5.10 Å². The third-order valence-electron chi connectivity index (χ3n) is 1.87. The Morgan fingerprint density at radius 3 is 2.92 bits per heavy atom. The fraction of sp³-hybridized carbons (Fsp3) is 0.750. The quantitative estimate of drug-likeness (QED) is 0.719. The zero-order valence-corrected chi connectivity index (χ0v) is 7.91. The summed E-state index contributed by atoms with van der Waals surface area (Å²) in [5.74, 6) is 0.859. The molecule has 0 saturated carbocycles. The van der Waals surface area contributed by atoms with Crippen LogP contribution in [0, 0.1) is 0 Å². The third kappa shape index (κ3) is 2.62. The van der Waals surface area contributed by atoms with Gasteiger partial charge < -0.3 is 5.32 Å².